The van der Waals surface area contributed by atoms with Crippen LogP contribution in [0.5, 0.6) is 0 Å². The van der Waals surface area contributed by atoms with E-state index >= 15 is 0 Å². The highest BCUT2D eigenvalue weighted by atomic mass is 19.4. The largest absolute Gasteiger partial charge is 0.418 e. The van der Waals surface area contributed by atoms with Crippen LogP contribution in [-0.2, 0) is 15.7 Å². The molecule has 110 valence electrons. The first-order chi connectivity index (χ1) is 9.27. The predicted molar refractivity (Wildman–Crippen MR) is 68.0 cm³/mol. The number of halogens is 3. The van der Waals surface area contributed by atoms with Crippen LogP contribution in [0.15, 0.2) is 18.2 Å². The molecule has 0 spiro atoms. The van der Waals surface area contributed by atoms with E-state index in [4.69, 9.17) is 10.5 Å². The van der Waals surface area contributed by atoms with Gasteiger partial charge in [0, 0.05) is 5.69 Å². The lowest BCUT2D eigenvalue weighted by Gasteiger charge is -2.16. The second-order valence-corrected chi connectivity index (χ2v) is 4.87. The van der Waals surface area contributed by atoms with Crippen molar-refractivity contribution >= 4 is 17.3 Å². The van der Waals surface area contributed by atoms with E-state index in [1.807, 2.05) is 6.92 Å². The minimum Gasteiger partial charge on any atom is -0.399 e. The van der Waals surface area contributed by atoms with Crippen molar-refractivity contribution in [2.75, 3.05) is 17.7 Å². The standard InChI is InChI=1S/C13H15F3N2O2/c1-7-4-8(6-20-7)12(19)18-11-3-2-9(17)5-10(11)13(14,15)16/h2-3,5,7-8H,4,6,17H2,1H3,(H,18,19). The summed E-state index contributed by atoms with van der Waals surface area (Å²) in [6, 6.07) is 3.29. The van der Waals surface area contributed by atoms with Crippen molar-refractivity contribution in [2.45, 2.75) is 25.6 Å². The summed E-state index contributed by atoms with van der Waals surface area (Å²) in [5.74, 6) is -0.895. The van der Waals surface area contributed by atoms with E-state index in [0.29, 0.717) is 6.42 Å². The summed E-state index contributed by atoms with van der Waals surface area (Å²) >= 11 is 0. The molecule has 1 heterocycles. The summed E-state index contributed by atoms with van der Waals surface area (Å²) in [6.45, 7) is 2.04. The number of carbonyl (C=O) groups excluding carboxylic acids is 1. The van der Waals surface area contributed by atoms with Crippen LogP contribution >= 0.6 is 0 Å². The molecule has 0 aliphatic carbocycles. The first-order valence-corrected chi connectivity index (χ1v) is 6.16. The van der Waals surface area contributed by atoms with Gasteiger partial charge in [0.2, 0.25) is 5.91 Å². The van der Waals surface area contributed by atoms with Crippen molar-refractivity contribution in [3.05, 3.63) is 23.8 Å². The number of alkyl halides is 3. The molecule has 0 aromatic heterocycles. The fourth-order valence-electron chi connectivity index (χ4n) is 2.14. The molecule has 0 saturated carbocycles. The van der Waals surface area contributed by atoms with Crippen molar-refractivity contribution in [1.82, 2.24) is 0 Å². The molecule has 7 heteroatoms. The second kappa shape index (κ2) is 5.32. The van der Waals surface area contributed by atoms with Gasteiger partial charge in [-0.15, -0.1) is 0 Å². The Kier molecular flexibility index (Phi) is 3.89. The van der Waals surface area contributed by atoms with Gasteiger partial charge in [-0.3, -0.25) is 4.79 Å². The number of hydrogen-bond acceptors (Lipinski definition) is 3. The van der Waals surface area contributed by atoms with Crippen molar-refractivity contribution in [2.24, 2.45) is 5.92 Å². The van der Waals surface area contributed by atoms with Gasteiger partial charge in [0.15, 0.2) is 0 Å². The smallest absolute Gasteiger partial charge is 0.399 e. The predicted octanol–water partition coefficient (Wildman–Crippen LogP) is 2.65. The zero-order valence-corrected chi connectivity index (χ0v) is 10.8. The molecule has 1 aliphatic heterocycles. The Labute approximate surface area is 114 Å². The van der Waals surface area contributed by atoms with Crippen molar-refractivity contribution in [1.29, 1.82) is 0 Å². The lowest BCUT2D eigenvalue weighted by atomic mass is 10.0. The zero-order valence-electron chi connectivity index (χ0n) is 10.8. The van der Waals surface area contributed by atoms with Crippen molar-refractivity contribution in [3.8, 4) is 0 Å². The minimum absolute atomic E-state index is 0.00635. The maximum atomic E-state index is 12.9. The number of nitrogens with one attached hydrogen (secondary N) is 1. The average molecular weight is 288 g/mol. The van der Waals surface area contributed by atoms with E-state index in [1.165, 1.54) is 6.07 Å². The molecule has 1 aromatic carbocycles. The first-order valence-electron chi connectivity index (χ1n) is 6.16. The quantitative estimate of drug-likeness (QED) is 0.822. The number of rotatable bonds is 2. The molecule has 1 aromatic rings. The molecule has 1 aliphatic rings. The molecule has 3 N–H and O–H groups in total. The average Bonchev–Trinajstić information content (AvgIpc) is 2.77. The summed E-state index contributed by atoms with van der Waals surface area (Å²) in [5.41, 5.74) is 4.13. The molecular weight excluding hydrogens is 273 g/mol. The van der Waals surface area contributed by atoms with Crippen LogP contribution in [-0.4, -0.2) is 18.6 Å². The Bertz CT molecular complexity index is 517. The fraction of sp³-hybridized carbons (Fsp3) is 0.462. The number of nitrogen functional groups attached to an aromatic ring is 1. The summed E-state index contributed by atoms with van der Waals surface area (Å²) in [5, 5.41) is 2.31. The maximum absolute atomic E-state index is 12.9. The number of nitrogens with two attached hydrogens (primary N) is 1. The highest BCUT2D eigenvalue weighted by Gasteiger charge is 2.35. The van der Waals surface area contributed by atoms with Crippen LogP contribution in [0.3, 0.4) is 0 Å². The van der Waals surface area contributed by atoms with Gasteiger partial charge in [0.05, 0.1) is 29.9 Å². The topological polar surface area (TPSA) is 64.4 Å². The van der Waals surface area contributed by atoms with E-state index in [-0.39, 0.29) is 24.1 Å². The third-order valence-electron chi connectivity index (χ3n) is 3.18. The molecule has 0 radical (unpaired) electrons. The van der Waals surface area contributed by atoms with Gasteiger partial charge in [-0.25, -0.2) is 0 Å². The van der Waals surface area contributed by atoms with Gasteiger partial charge in [0.25, 0.3) is 0 Å². The van der Waals surface area contributed by atoms with Crippen molar-refractivity contribution < 1.29 is 22.7 Å². The van der Waals surface area contributed by atoms with E-state index in [9.17, 15) is 18.0 Å². The van der Waals surface area contributed by atoms with Gasteiger partial charge in [-0.2, -0.15) is 13.2 Å². The van der Waals surface area contributed by atoms with Crippen LogP contribution in [0.4, 0.5) is 24.5 Å². The van der Waals surface area contributed by atoms with E-state index in [0.717, 1.165) is 12.1 Å². The monoisotopic (exact) mass is 288 g/mol. The second-order valence-electron chi connectivity index (χ2n) is 4.87. The number of amides is 1. The SMILES string of the molecule is CC1CC(C(=O)Nc2ccc(N)cc2C(F)(F)F)CO1. The Morgan fingerprint density at radius 1 is 1.45 bits per heavy atom. The van der Waals surface area contributed by atoms with Crippen LogP contribution in [0.2, 0.25) is 0 Å². The van der Waals surface area contributed by atoms with E-state index in [2.05, 4.69) is 5.32 Å². The van der Waals surface area contributed by atoms with Gasteiger partial charge >= 0.3 is 6.18 Å². The number of anilines is 2. The van der Waals surface area contributed by atoms with Crippen molar-refractivity contribution in [3.63, 3.8) is 0 Å². The summed E-state index contributed by atoms with van der Waals surface area (Å²) in [4.78, 5) is 11.9. The number of ether oxygens (including phenoxy) is 1. The number of benzene rings is 1. The molecule has 20 heavy (non-hydrogen) atoms. The molecule has 1 amide bonds. The maximum Gasteiger partial charge on any atom is 0.418 e. The Balaban J connectivity index is 2.19. The van der Waals surface area contributed by atoms with Gasteiger partial charge in [-0.05, 0) is 31.5 Å². The lowest BCUT2D eigenvalue weighted by Crippen LogP contribution is -2.24. The zero-order chi connectivity index (χ0) is 14.9. The lowest BCUT2D eigenvalue weighted by molar-refractivity contribution is -0.137. The van der Waals surface area contributed by atoms with Crippen LogP contribution in [0.1, 0.15) is 18.9 Å². The first kappa shape index (κ1) is 14.6. The molecule has 4 nitrogen and oxygen atoms in total. The highest BCUT2D eigenvalue weighted by molar-refractivity contribution is 5.93. The molecule has 2 rings (SSSR count). The summed E-state index contributed by atoms with van der Waals surface area (Å²) < 4.78 is 43.9. The third-order valence-corrected chi connectivity index (χ3v) is 3.18. The molecule has 2 atom stereocenters. The van der Waals surface area contributed by atoms with E-state index < -0.39 is 23.6 Å². The minimum atomic E-state index is -4.57. The molecule has 1 saturated heterocycles. The van der Waals surface area contributed by atoms with Gasteiger partial charge < -0.3 is 15.8 Å². The molecule has 2 unspecified atom stereocenters. The van der Waals surface area contributed by atoms with Crippen LogP contribution in [0, 0.1) is 5.92 Å². The van der Waals surface area contributed by atoms with Crippen LogP contribution < -0.4 is 11.1 Å². The molecular formula is C13H15F3N2O2. The molecule has 0 bridgehead atoms. The number of hydrogen-bond donors (Lipinski definition) is 2. The Morgan fingerprint density at radius 2 is 2.15 bits per heavy atom. The third kappa shape index (κ3) is 3.22. The molecule has 1 fully saturated rings. The van der Waals surface area contributed by atoms with Gasteiger partial charge in [0.1, 0.15) is 0 Å². The van der Waals surface area contributed by atoms with Crippen LogP contribution in [0.25, 0.3) is 0 Å². The Morgan fingerprint density at radius 3 is 2.70 bits per heavy atom. The number of carbonyl (C=O) groups is 1. The van der Waals surface area contributed by atoms with Gasteiger partial charge in [-0.1, -0.05) is 0 Å². The summed E-state index contributed by atoms with van der Waals surface area (Å²) in [6.07, 6.45) is -4.13. The normalized spacial score (nSPS) is 22.8. The fourth-order valence-corrected chi connectivity index (χ4v) is 2.14. The Hall–Kier alpha value is -1.76. The highest BCUT2D eigenvalue weighted by Crippen LogP contribution is 2.36. The summed E-state index contributed by atoms with van der Waals surface area (Å²) in [7, 11) is 0. The van der Waals surface area contributed by atoms with E-state index in [1.54, 1.807) is 0 Å².